The van der Waals surface area contributed by atoms with Crippen molar-refractivity contribution in [3.63, 3.8) is 0 Å². The molecule has 1 saturated heterocycles. The average molecular weight is 440 g/mol. The zero-order valence-electron chi connectivity index (χ0n) is 18.7. The van der Waals surface area contributed by atoms with Gasteiger partial charge in [-0.3, -0.25) is 4.79 Å². The number of carbonyl (C=O) groups excluding carboxylic acids is 1. The summed E-state index contributed by atoms with van der Waals surface area (Å²) in [7, 11) is 1.52. The Morgan fingerprint density at radius 2 is 2.22 bits per heavy atom. The summed E-state index contributed by atoms with van der Waals surface area (Å²) in [6.07, 6.45) is 2.28. The number of methoxy groups -OCH3 is 1. The summed E-state index contributed by atoms with van der Waals surface area (Å²) in [6.45, 7) is 6.29. The maximum atomic E-state index is 11.6. The van der Waals surface area contributed by atoms with Gasteiger partial charge in [-0.1, -0.05) is 0 Å². The Bertz CT molecular complexity index is 1000. The first-order valence-corrected chi connectivity index (χ1v) is 10.8. The molecular formula is C23H29N5O4. The average Bonchev–Trinajstić information content (AvgIpc) is 2.79. The standard InChI is InChI=1S/C23H29N5O4/c1-4-32-21(30)9-11-28-10-5-6-16(14-28)25-23-19(13-24)15(2)22(26-27-23)18-8-7-17(31-3)12-20(18)29/h7-8,12,16,29H,4-6,9-11,14H2,1-3H3,(H,25,27)/t16-/m1/s1. The molecule has 0 aliphatic carbocycles. The van der Waals surface area contributed by atoms with E-state index in [1.807, 2.05) is 0 Å². The number of piperidine rings is 1. The van der Waals surface area contributed by atoms with E-state index in [4.69, 9.17) is 9.47 Å². The molecule has 1 aliphatic heterocycles. The number of aromatic nitrogens is 2. The molecule has 1 aromatic carbocycles. The van der Waals surface area contributed by atoms with Gasteiger partial charge < -0.3 is 24.8 Å². The first-order chi connectivity index (χ1) is 15.5. The van der Waals surface area contributed by atoms with Crippen molar-refractivity contribution in [3.05, 3.63) is 29.3 Å². The number of esters is 1. The van der Waals surface area contributed by atoms with Crippen LogP contribution in [0.25, 0.3) is 11.3 Å². The third-order valence-electron chi connectivity index (χ3n) is 5.57. The molecule has 9 nitrogen and oxygen atoms in total. The van der Waals surface area contributed by atoms with Crippen molar-refractivity contribution >= 4 is 11.8 Å². The number of phenols is 1. The van der Waals surface area contributed by atoms with E-state index in [0.29, 0.717) is 53.5 Å². The molecule has 3 rings (SSSR count). The largest absolute Gasteiger partial charge is 0.507 e. The number of hydrogen-bond acceptors (Lipinski definition) is 9. The molecule has 0 bridgehead atoms. The highest BCUT2D eigenvalue weighted by atomic mass is 16.5. The van der Waals surface area contributed by atoms with E-state index in [-0.39, 0.29) is 17.8 Å². The molecule has 9 heteroatoms. The first-order valence-electron chi connectivity index (χ1n) is 10.8. The van der Waals surface area contributed by atoms with Crippen LogP contribution < -0.4 is 10.1 Å². The summed E-state index contributed by atoms with van der Waals surface area (Å²) >= 11 is 0. The molecule has 0 amide bonds. The molecule has 0 unspecified atom stereocenters. The summed E-state index contributed by atoms with van der Waals surface area (Å²) in [5, 5.41) is 32.1. The minimum Gasteiger partial charge on any atom is -0.507 e. The first kappa shape index (κ1) is 23.3. The fourth-order valence-corrected chi connectivity index (χ4v) is 3.91. The summed E-state index contributed by atoms with van der Waals surface area (Å²) in [5.74, 6) is 0.781. The molecular weight excluding hydrogens is 410 g/mol. The van der Waals surface area contributed by atoms with Crippen molar-refractivity contribution < 1.29 is 19.4 Å². The molecule has 1 fully saturated rings. The number of ether oxygens (including phenoxy) is 2. The lowest BCUT2D eigenvalue weighted by Crippen LogP contribution is -2.43. The number of carbonyl (C=O) groups is 1. The summed E-state index contributed by atoms with van der Waals surface area (Å²) in [4.78, 5) is 13.9. The Morgan fingerprint density at radius 3 is 2.91 bits per heavy atom. The molecule has 1 atom stereocenters. The van der Waals surface area contributed by atoms with Crippen LogP contribution in [0.15, 0.2) is 18.2 Å². The predicted octanol–water partition coefficient (Wildman–Crippen LogP) is 2.87. The van der Waals surface area contributed by atoms with Gasteiger partial charge in [-0.25, -0.2) is 0 Å². The molecule has 1 aliphatic rings. The highest BCUT2D eigenvalue weighted by molar-refractivity contribution is 5.74. The third kappa shape index (κ3) is 5.45. The summed E-state index contributed by atoms with van der Waals surface area (Å²) in [5.41, 5.74) is 1.97. The van der Waals surface area contributed by atoms with Crippen molar-refractivity contribution in [2.45, 2.75) is 39.2 Å². The number of nitrogens with zero attached hydrogens (tertiary/aromatic N) is 4. The second-order valence-corrected chi connectivity index (χ2v) is 7.73. The molecule has 2 aromatic rings. The Balaban J connectivity index is 1.74. The molecule has 0 radical (unpaired) electrons. The normalized spacial score (nSPS) is 16.2. The molecule has 0 saturated carbocycles. The lowest BCUT2D eigenvalue weighted by Gasteiger charge is -2.33. The van der Waals surface area contributed by atoms with E-state index in [1.165, 1.54) is 13.2 Å². The highest BCUT2D eigenvalue weighted by Gasteiger charge is 2.23. The van der Waals surface area contributed by atoms with Crippen molar-refractivity contribution in [1.29, 1.82) is 5.26 Å². The summed E-state index contributed by atoms with van der Waals surface area (Å²) < 4.78 is 10.1. The minimum atomic E-state index is -0.187. The molecule has 2 heterocycles. The Kier molecular flexibility index (Phi) is 7.84. The monoisotopic (exact) mass is 439 g/mol. The van der Waals surface area contributed by atoms with Gasteiger partial charge >= 0.3 is 5.97 Å². The second-order valence-electron chi connectivity index (χ2n) is 7.73. The van der Waals surface area contributed by atoms with Gasteiger partial charge in [0.15, 0.2) is 5.82 Å². The van der Waals surface area contributed by atoms with Crippen LogP contribution in [0.5, 0.6) is 11.5 Å². The van der Waals surface area contributed by atoms with Crippen LogP contribution in [0.3, 0.4) is 0 Å². The zero-order chi connectivity index (χ0) is 23.1. The fourth-order valence-electron chi connectivity index (χ4n) is 3.91. The number of benzene rings is 1. The number of hydrogen-bond donors (Lipinski definition) is 2. The molecule has 2 N–H and O–H groups in total. The van der Waals surface area contributed by atoms with Gasteiger partial charge in [0.05, 0.1) is 20.1 Å². The van der Waals surface area contributed by atoms with Gasteiger partial charge in [0.2, 0.25) is 0 Å². The van der Waals surface area contributed by atoms with Crippen LogP contribution in [0, 0.1) is 18.3 Å². The number of aromatic hydroxyl groups is 1. The van der Waals surface area contributed by atoms with Crippen LogP contribution in [0.1, 0.15) is 37.3 Å². The highest BCUT2D eigenvalue weighted by Crippen LogP contribution is 2.34. The number of phenolic OH excluding ortho intramolecular Hbond substituents is 1. The quantitative estimate of drug-likeness (QED) is 0.598. The van der Waals surface area contributed by atoms with Crippen molar-refractivity contribution in [2.24, 2.45) is 0 Å². The Hall–Kier alpha value is -3.38. The SMILES string of the molecule is CCOC(=O)CCN1CCC[C@@H](Nc2nnc(-c3ccc(OC)cc3O)c(C)c2C#N)C1. The maximum absolute atomic E-state index is 11.6. The van der Waals surface area contributed by atoms with E-state index in [0.717, 1.165) is 25.9 Å². The van der Waals surface area contributed by atoms with Gasteiger partial charge in [-0.15, -0.1) is 10.2 Å². The van der Waals surface area contributed by atoms with Gasteiger partial charge in [-0.2, -0.15) is 5.26 Å². The lowest BCUT2D eigenvalue weighted by atomic mass is 10.0. The number of likely N-dealkylation sites (tertiary alicyclic amines) is 1. The van der Waals surface area contributed by atoms with E-state index in [1.54, 1.807) is 26.0 Å². The van der Waals surface area contributed by atoms with E-state index >= 15 is 0 Å². The predicted molar refractivity (Wildman–Crippen MR) is 119 cm³/mol. The van der Waals surface area contributed by atoms with Gasteiger partial charge in [-0.05, 0) is 50.9 Å². The van der Waals surface area contributed by atoms with Gasteiger partial charge in [0, 0.05) is 30.8 Å². The van der Waals surface area contributed by atoms with Crippen LogP contribution in [-0.2, 0) is 9.53 Å². The fraction of sp³-hybridized carbons (Fsp3) is 0.478. The van der Waals surface area contributed by atoms with Gasteiger partial charge in [0.1, 0.15) is 28.8 Å². The number of anilines is 1. The molecule has 0 spiro atoms. The third-order valence-corrected chi connectivity index (χ3v) is 5.57. The number of nitriles is 1. The van der Waals surface area contributed by atoms with E-state index in [2.05, 4.69) is 26.5 Å². The van der Waals surface area contributed by atoms with Crippen LogP contribution >= 0.6 is 0 Å². The smallest absolute Gasteiger partial charge is 0.307 e. The van der Waals surface area contributed by atoms with Gasteiger partial charge in [0.25, 0.3) is 0 Å². The van der Waals surface area contributed by atoms with Crippen molar-refractivity contribution in [3.8, 4) is 28.8 Å². The molecule has 170 valence electrons. The van der Waals surface area contributed by atoms with Crippen LogP contribution in [0.2, 0.25) is 0 Å². The summed E-state index contributed by atoms with van der Waals surface area (Å²) in [6, 6.07) is 7.24. The minimum absolute atomic E-state index is 0.0101. The zero-order valence-corrected chi connectivity index (χ0v) is 18.7. The maximum Gasteiger partial charge on any atom is 0.307 e. The molecule has 32 heavy (non-hydrogen) atoms. The topological polar surface area (TPSA) is 121 Å². The van der Waals surface area contributed by atoms with Crippen LogP contribution in [0.4, 0.5) is 5.82 Å². The second kappa shape index (κ2) is 10.8. The van der Waals surface area contributed by atoms with Crippen molar-refractivity contribution in [1.82, 2.24) is 15.1 Å². The molecule has 1 aromatic heterocycles. The number of nitrogens with one attached hydrogen (secondary N) is 1. The number of rotatable bonds is 8. The van der Waals surface area contributed by atoms with Crippen molar-refractivity contribution in [2.75, 3.05) is 38.7 Å². The Morgan fingerprint density at radius 1 is 1.41 bits per heavy atom. The van der Waals surface area contributed by atoms with E-state index in [9.17, 15) is 15.2 Å². The van der Waals surface area contributed by atoms with Crippen LogP contribution in [-0.4, -0.2) is 65.6 Å². The lowest BCUT2D eigenvalue weighted by molar-refractivity contribution is -0.143. The Labute approximate surface area is 188 Å². The van der Waals surface area contributed by atoms with E-state index < -0.39 is 0 Å².